The van der Waals surface area contributed by atoms with Crippen molar-refractivity contribution >= 4 is 40.0 Å². The second kappa shape index (κ2) is 9.96. The fourth-order valence-corrected chi connectivity index (χ4v) is 2.45. The average molecular weight is 426 g/mol. The van der Waals surface area contributed by atoms with E-state index in [1.54, 1.807) is 30.3 Å². The zero-order valence-corrected chi connectivity index (χ0v) is 15.4. The lowest BCUT2D eigenvalue weighted by Gasteiger charge is -2.08. The first-order valence-electron chi connectivity index (χ1n) is 6.50. The van der Waals surface area contributed by atoms with Crippen LogP contribution in [-0.4, -0.2) is 34.0 Å². The molecule has 0 bridgehead atoms. The van der Waals surface area contributed by atoms with E-state index in [9.17, 15) is 8.42 Å². The maximum absolute atomic E-state index is 11.9. The van der Waals surface area contributed by atoms with Crippen LogP contribution in [0.2, 0.25) is 0 Å². The number of guanidine groups is 1. The minimum absolute atomic E-state index is 0. The molecule has 0 heterocycles. The number of nitrogens with two attached hydrogens (primary N) is 1. The van der Waals surface area contributed by atoms with Crippen LogP contribution in [0.25, 0.3) is 0 Å². The van der Waals surface area contributed by atoms with E-state index in [2.05, 4.69) is 15.0 Å². The number of rotatable bonds is 7. The number of nitrogens with zero attached hydrogens (tertiary/aromatic N) is 1. The fraction of sp³-hybridized carbons (Fsp3) is 0.462. The van der Waals surface area contributed by atoms with E-state index in [1.807, 2.05) is 13.8 Å². The monoisotopic (exact) mass is 426 g/mol. The molecule has 1 aromatic carbocycles. The predicted octanol–water partition coefficient (Wildman–Crippen LogP) is 1.14. The van der Waals surface area contributed by atoms with Gasteiger partial charge in [-0.1, -0.05) is 32.0 Å². The molecule has 0 radical (unpaired) electrons. The van der Waals surface area contributed by atoms with Gasteiger partial charge < -0.3 is 11.1 Å². The zero-order valence-electron chi connectivity index (χ0n) is 12.2. The third-order valence-electron chi connectivity index (χ3n) is 2.40. The van der Waals surface area contributed by atoms with Crippen LogP contribution < -0.4 is 15.8 Å². The molecular formula is C13H23IN4O2S. The van der Waals surface area contributed by atoms with E-state index in [-0.39, 0.29) is 35.4 Å². The Morgan fingerprint density at radius 1 is 1.24 bits per heavy atom. The number of sulfonamides is 1. The fourth-order valence-electron chi connectivity index (χ4n) is 1.40. The van der Waals surface area contributed by atoms with Crippen molar-refractivity contribution in [1.29, 1.82) is 0 Å². The highest BCUT2D eigenvalue weighted by molar-refractivity contribution is 14.0. The van der Waals surface area contributed by atoms with E-state index in [1.165, 1.54) is 0 Å². The molecule has 0 aliphatic heterocycles. The van der Waals surface area contributed by atoms with Crippen LogP contribution >= 0.6 is 24.0 Å². The highest BCUT2D eigenvalue weighted by Gasteiger charge is 2.11. The van der Waals surface area contributed by atoms with Crippen molar-refractivity contribution in [2.75, 3.05) is 19.6 Å². The predicted molar refractivity (Wildman–Crippen MR) is 96.4 cm³/mol. The molecule has 21 heavy (non-hydrogen) atoms. The van der Waals surface area contributed by atoms with Crippen LogP contribution in [0, 0.1) is 5.92 Å². The molecule has 0 fully saturated rings. The number of nitrogens with one attached hydrogen (secondary N) is 2. The van der Waals surface area contributed by atoms with Crippen LogP contribution in [0.3, 0.4) is 0 Å². The van der Waals surface area contributed by atoms with Gasteiger partial charge in [0.2, 0.25) is 10.0 Å². The minimum Gasteiger partial charge on any atom is -0.370 e. The molecule has 0 aromatic heterocycles. The molecule has 0 unspecified atom stereocenters. The summed E-state index contributed by atoms with van der Waals surface area (Å²) in [6.45, 7) is 5.37. The first-order chi connectivity index (χ1) is 9.42. The lowest BCUT2D eigenvalue weighted by atomic mass is 10.2. The molecular weight excluding hydrogens is 403 g/mol. The van der Waals surface area contributed by atoms with Crippen LogP contribution in [0.1, 0.15) is 13.8 Å². The Bertz CT molecular complexity index is 532. The number of hydrogen-bond donors (Lipinski definition) is 3. The van der Waals surface area contributed by atoms with Crippen molar-refractivity contribution in [3.05, 3.63) is 30.3 Å². The minimum atomic E-state index is -3.45. The molecule has 1 rings (SSSR count). The molecule has 0 aliphatic rings. The molecule has 4 N–H and O–H groups in total. The van der Waals surface area contributed by atoms with Gasteiger partial charge in [0.05, 0.1) is 4.90 Å². The van der Waals surface area contributed by atoms with Crippen molar-refractivity contribution in [3.8, 4) is 0 Å². The molecule has 120 valence electrons. The van der Waals surface area contributed by atoms with Gasteiger partial charge in [0, 0.05) is 19.6 Å². The molecule has 0 saturated heterocycles. The van der Waals surface area contributed by atoms with Crippen molar-refractivity contribution in [1.82, 2.24) is 10.0 Å². The smallest absolute Gasteiger partial charge is 0.240 e. The molecule has 1 aromatic rings. The van der Waals surface area contributed by atoms with Crippen LogP contribution in [0.15, 0.2) is 40.2 Å². The topological polar surface area (TPSA) is 96.6 Å². The van der Waals surface area contributed by atoms with Gasteiger partial charge >= 0.3 is 0 Å². The van der Waals surface area contributed by atoms with Gasteiger partial charge in [-0.3, -0.25) is 4.99 Å². The molecule has 0 atom stereocenters. The van der Waals surface area contributed by atoms with Gasteiger partial charge in [-0.2, -0.15) is 0 Å². The van der Waals surface area contributed by atoms with Gasteiger partial charge in [-0.25, -0.2) is 13.1 Å². The van der Waals surface area contributed by atoms with E-state index in [4.69, 9.17) is 5.73 Å². The Kier molecular flexibility index (Phi) is 9.54. The maximum atomic E-state index is 11.9. The Labute approximate surface area is 143 Å². The first kappa shape index (κ1) is 20.1. The summed E-state index contributed by atoms with van der Waals surface area (Å²) in [5, 5.41) is 2.86. The Balaban J connectivity index is 0.00000400. The lowest BCUT2D eigenvalue weighted by molar-refractivity contribution is 0.580. The highest BCUT2D eigenvalue weighted by Crippen LogP contribution is 2.06. The van der Waals surface area contributed by atoms with Gasteiger partial charge in [-0.05, 0) is 18.1 Å². The number of halogens is 1. The molecule has 0 spiro atoms. The van der Waals surface area contributed by atoms with Gasteiger partial charge in [0.25, 0.3) is 0 Å². The SMILES string of the molecule is CC(C)CN=C(N)NCCNS(=O)(=O)c1ccccc1.I. The summed E-state index contributed by atoms with van der Waals surface area (Å²) in [6.07, 6.45) is 0. The number of hydrogen-bond acceptors (Lipinski definition) is 3. The van der Waals surface area contributed by atoms with Crippen molar-refractivity contribution in [2.45, 2.75) is 18.7 Å². The van der Waals surface area contributed by atoms with Crippen LogP contribution in [0.4, 0.5) is 0 Å². The van der Waals surface area contributed by atoms with E-state index in [0.29, 0.717) is 25.0 Å². The molecule has 8 heteroatoms. The Morgan fingerprint density at radius 2 is 1.86 bits per heavy atom. The standard InChI is InChI=1S/C13H22N4O2S.HI/c1-11(2)10-16-13(14)15-8-9-17-20(18,19)12-6-4-3-5-7-12;/h3-7,11,17H,8-10H2,1-2H3,(H3,14,15,16);1H. The van der Waals surface area contributed by atoms with E-state index < -0.39 is 10.0 Å². The van der Waals surface area contributed by atoms with E-state index >= 15 is 0 Å². The zero-order chi connectivity index (χ0) is 15.0. The molecule has 0 saturated carbocycles. The summed E-state index contributed by atoms with van der Waals surface area (Å²) in [6, 6.07) is 8.24. The van der Waals surface area contributed by atoms with Crippen molar-refractivity contribution in [3.63, 3.8) is 0 Å². The van der Waals surface area contributed by atoms with Gasteiger partial charge in [0.15, 0.2) is 5.96 Å². The first-order valence-corrected chi connectivity index (χ1v) is 7.98. The average Bonchev–Trinajstić information content (AvgIpc) is 2.42. The van der Waals surface area contributed by atoms with Crippen molar-refractivity contribution in [2.24, 2.45) is 16.6 Å². The second-order valence-corrected chi connectivity index (χ2v) is 6.52. The van der Waals surface area contributed by atoms with Gasteiger partial charge in [-0.15, -0.1) is 24.0 Å². The number of benzene rings is 1. The lowest BCUT2D eigenvalue weighted by Crippen LogP contribution is -2.38. The van der Waals surface area contributed by atoms with Crippen molar-refractivity contribution < 1.29 is 8.42 Å². The Morgan fingerprint density at radius 3 is 2.43 bits per heavy atom. The van der Waals surface area contributed by atoms with Gasteiger partial charge in [0.1, 0.15) is 0 Å². The summed E-state index contributed by atoms with van der Waals surface area (Å²) < 4.78 is 26.3. The largest absolute Gasteiger partial charge is 0.370 e. The normalized spacial score (nSPS) is 12.0. The Hall–Kier alpha value is -0.870. The summed E-state index contributed by atoms with van der Waals surface area (Å²) in [7, 11) is -3.45. The second-order valence-electron chi connectivity index (χ2n) is 4.76. The third kappa shape index (κ3) is 8.22. The third-order valence-corrected chi connectivity index (χ3v) is 3.88. The summed E-state index contributed by atoms with van der Waals surface area (Å²) in [5.74, 6) is 0.768. The molecule has 0 aliphatic carbocycles. The summed E-state index contributed by atoms with van der Waals surface area (Å²) >= 11 is 0. The number of aliphatic imine (C=N–C) groups is 1. The highest BCUT2D eigenvalue weighted by atomic mass is 127. The quantitative estimate of drug-likeness (QED) is 0.264. The van der Waals surface area contributed by atoms with Crippen LogP contribution in [0.5, 0.6) is 0 Å². The summed E-state index contributed by atoms with van der Waals surface area (Å²) in [4.78, 5) is 4.37. The summed E-state index contributed by atoms with van der Waals surface area (Å²) in [5.41, 5.74) is 5.64. The van der Waals surface area contributed by atoms with Crippen LogP contribution in [-0.2, 0) is 10.0 Å². The molecule has 0 amide bonds. The maximum Gasteiger partial charge on any atom is 0.240 e. The van der Waals surface area contributed by atoms with E-state index in [0.717, 1.165) is 0 Å². The molecule has 6 nitrogen and oxygen atoms in total.